The highest BCUT2D eigenvalue weighted by Gasteiger charge is 2.12. The Bertz CT molecular complexity index is 631. The number of halogens is 1. The number of carbonyl (C=O) groups excluding carboxylic acids is 1. The fraction of sp³-hybridized carbons (Fsp3) is 0.235. The molecule has 0 fully saturated rings. The molecule has 22 heavy (non-hydrogen) atoms. The van der Waals surface area contributed by atoms with Crippen LogP contribution in [0.15, 0.2) is 58.3 Å². The van der Waals surface area contributed by atoms with Gasteiger partial charge in [0.2, 0.25) is 0 Å². The van der Waals surface area contributed by atoms with Crippen LogP contribution in [0.3, 0.4) is 0 Å². The molecule has 2 rings (SSSR count). The monoisotopic (exact) mass is 336 g/mol. The van der Waals surface area contributed by atoms with E-state index in [1.54, 1.807) is 6.07 Å². The molecule has 0 heterocycles. The third-order valence-corrected chi connectivity index (χ3v) is 4.21. The Balaban J connectivity index is 2.14. The van der Waals surface area contributed by atoms with Crippen LogP contribution in [0.25, 0.3) is 0 Å². The summed E-state index contributed by atoms with van der Waals surface area (Å²) in [5.74, 6) is 1.05. The third-order valence-electron chi connectivity index (χ3n) is 2.87. The number of ether oxygens (including phenoxy) is 2. The quantitative estimate of drug-likeness (QED) is 0.419. The predicted octanol–water partition coefficient (Wildman–Crippen LogP) is 4.63. The SMILES string of the molecule is COC(=O)c1ccccc1Sc1cccc(OCCCCl)c1. The second kappa shape index (κ2) is 8.71. The van der Waals surface area contributed by atoms with Gasteiger partial charge in [-0.1, -0.05) is 30.0 Å². The molecule has 0 saturated carbocycles. The summed E-state index contributed by atoms with van der Waals surface area (Å²) in [5.41, 5.74) is 0.559. The van der Waals surface area contributed by atoms with Crippen molar-refractivity contribution in [2.45, 2.75) is 16.2 Å². The molecule has 2 aromatic carbocycles. The highest BCUT2D eigenvalue weighted by Crippen LogP contribution is 2.32. The largest absolute Gasteiger partial charge is 0.494 e. The van der Waals surface area contributed by atoms with E-state index in [1.165, 1.54) is 18.9 Å². The van der Waals surface area contributed by atoms with Gasteiger partial charge in [0.15, 0.2) is 0 Å². The Labute approximate surface area is 139 Å². The Morgan fingerprint density at radius 2 is 2.00 bits per heavy atom. The van der Waals surface area contributed by atoms with E-state index >= 15 is 0 Å². The first kappa shape index (κ1) is 16.7. The lowest BCUT2D eigenvalue weighted by Gasteiger charge is -2.09. The number of alkyl halides is 1. The van der Waals surface area contributed by atoms with Gasteiger partial charge in [-0.25, -0.2) is 4.79 Å². The summed E-state index contributed by atoms with van der Waals surface area (Å²) in [6.45, 7) is 0.594. The number of hydrogen-bond donors (Lipinski definition) is 0. The molecule has 0 unspecified atom stereocenters. The van der Waals surface area contributed by atoms with Gasteiger partial charge in [0.25, 0.3) is 0 Å². The maximum absolute atomic E-state index is 11.8. The lowest BCUT2D eigenvalue weighted by molar-refractivity contribution is 0.0597. The smallest absolute Gasteiger partial charge is 0.339 e. The number of methoxy groups -OCH3 is 1. The van der Waals surface area contributed by atoms with E-state index in [0.29, 0.717) is 18.1 Å². The molecule has 0 radical (unpaired) electrons. The maximum atomic E-state index is 11.8. The Kier molecular flexibility index (Phi) is 6.62. The van der Waals surface area contributed by atoms with Crippen LogP contribution < -0.4 is 4.74 Å². The second-order valence-electron chi connectivity index (χ2n) is 4.46. The van der Waals surface area contributed by atoms with Crippen LogP contribution in [0.2, 0.25) is 0 Å². The zero-order valence-electron chi connectivity index (χ0n) is 12.3. The van der Waals surface area contributed by atoms with Gasteiger partial charge in [0.05, 0.1) is 19.3 Å². The van der Waals surface area contributed by atoms with Crippen LogP contribution in [-0.4, -0.2) is 25.6 Å². The Hall–Kier alpha value is -1.65. The summed E-state index contributed by atoms with van der Waals surface area (Å²) in [6, 6.07) is 15.1. The summed E-state index contributed by atoms with van der Waals surface area (Å²) in [6.07, 6.45) is 0.810. The van der Waals surface area contributed by atoms with Crippen molar-refractivity contribution in [1.82, 2.24) is 0 Å². The highest BCUT2D eigenvalue weighted by molar-refractivity contribution is 7.99. The van der Waals surface area contributed by atoms with Crippen molar-refractivity contribution < 1.29 is 14.3 Å². The topological polar surface area (TPSA) is 35.5 Å². The highest BCUT2D eigenvalue weighted by atomic mass is 35.5. The van der Waals surface area contributed by atoms with Gasteiger partial charge < -0.3 is 9.47 Å². The van der Waals surface area contributed by atoms with E-state index in [0.717, 1.165) is 22.0 Å². The first-order valence-corrected chi connectivity index (χ1v) is 8.23. The summed E-state index contributed by atoms with van der Waals surface area (Å²) >= 11 is 7.14. The zero-order chi connectivity index (χ0) is 15.8. The van der Waals surface area contributed by atoms with Gasteiger partial charge in [0.1, 0.15) is 5.75 Å². The van der Waals surface area contributed by atoms with Crippen molar-refractivity contribution in [3.8, 4) is 5.75 Å². The number of rotatable bonds is 7. The van der Waals surface area contributed by atoms with Gasteiger partial charge in [-0.05, 0) is 36.8 Å². The van der Waals surface area contributed by atoms with Crippen molar-refractivity contribution in [2.24, 2.45) is 0 Å². The van der Waals surface area contributed by atoms with Crippen molar-refractivity contribution in [1.29, 1.82) is 0 Å². The van der Waals surface area contributed by atoms with Crippen LogP contribution in [0, 0.1) is 0 Å². The first-order valence-electron chi connectivity index (χ1n) is 6.88. The molecule has 0 N–H and O–H groups in total. The lowest BCUT2D eigenvalue weighted by atomic mass is 10.2. The van der Waals surface area contributed by atoms with E-state index < -0.39 is 0 Å². The zero-order valence-corrected chi connectivity index (χ0v) is 13.8. The summed E-state index contributed by atoms with van der Waals surface area (Å²) < 4.78 is 10.4. The fourth-order valence-electron chi connectivity index (χ4n) is 1.83. The number of hydrogen-bond acceptors (Lipinski definition) is 4. The minimum absolute atomic E-state index is 0.336. The molecule has 116 valence electrons. The molecule has 0 aliphatic carbocycles. The van der Waals surface area contributed by atoms with Crippen molar-refractivity contribution in [2.75, 3.05) is 19.6 Å². The molecule has 0 aromatic heterocycles. The standard InChI is InChI=1S/C17H17ClO3S/c1-20-17(19)15-8-2-3-9-16(15)22-14-7-4-6-13(12-14)21-11-5-10-18/h2-4,6-9,12H,5,10-11H2,1H3. The third kappa shape index (κ3) is 4.68. The van der Waals surface area contributed by atoms with E-state index in [4.69, 9.17) is 21.1 Å². The summed E-state index contributed by atoms with van der Waals surface area (Å²) in [4.78, 5) is 13.6. The number of esters is 1. The van der Waals surface area contributed by atoms with E-state index in [2.05, 4.69) is 0 Å². The Morgan fingerprint density at radius 3 is 2.77 bits per heavy atom. The molecule has 0 spiro atoms. The average molecular weight is 337 g/mol. The molecule has 5 heteroatoms. The summed E-state index contributed by atoms with van der Waals surface area (Å²) in [7, 11) is 1.38. The molecule has 0 bridgehead atoms. The minimum atomic E-state index is -0.336. The van der Waals surface area contributed by atoms with Crippen molar-refractivity contribution >= 4 is 29.3 Å². The van der Waals surface area contributed by atoms with E-state index in [-0.39, 0.29) is 5.97 Å². The second-order valence-corrected chi connectivity index (χ2v) is 5.95. The van der Waals surface area contributed by atoms with Crippen LogP contribution >= 0.6 is 23.4 Å². The maximum Gasteiger partial charge on any atom is 0.339 e. The number of benzene rings is 2. The van der Waals surface area contributed by atoms with Crippen LogP contribution in [0.1, 0.15) is 16.8 Å². The van der Waals surface area contributed by atoms with Gasteiger partial charge in [0, 0.05) is 15.7 Å². The predicted molar refractivity (Wildman–Crippen MR) is 89.2 cm³/mol. The van der Waals surface area contributed by atoms with Gasteiger partial charge in [-0.2, -0.15) is 0 Å². The van der Waals surface area contributed by atoms with Crippen molar-refractivity contribution in [3.63, 3.8) is 0 Å². The van der Waals surface area contributed by atoms with Gasteiger partial charge in [-0.3, -0.25) is 0 Å². The molecule has 0 saturated heterocycles. The number of carbonyl (C=O) groups is 1. The average Bonchev–Trinajstić information content (AvgIpc) is 2.55. The first-order chi connectivity index (χ1) is 10.7. The van der Waals surface area contributed by atoms with Crippen LogP contribution in [-0.2, 0) is 4.74 Å². The molecule has 3 nitrogen and oxygen atoms in total. The van der Waals surface area contributed by atoms with Crippen LogP contribution in [0.5, 0.6) is 5.75 Å². The fourth-order valence-corrected chi connectivity index (χ4v) is 2.93. The van der Waals surface area contributed by atoms with Crippen LogP contribution in [0.4, 0.5) is 0 Å². The molecule has 2 aromatic rings. The van der Waals surface area contributed by atoms with Gasteiger partial charge >= 0.3 is 5.97 Å². The van der Waals surface area contributed by atoms with Crippen molar-refractivity contribution in [3.05, 3.63) is 54.1 Å². The lowest BCUT2D eigenvalue weighted by Crippen LogP contribution is -2.02. The minimum Gasteiger partial charge on any atom is -0.494 e. The molecule has 0 aliphatic rings. The normalized spacial score (nSPS) is 10.3. The summed E-state index contributed by atoms with van der Waals surface area (Å²) in [5, 5.41) is 0. The van der Waals surface area contributed by atoms with E-state index in [1.807, 2.05) is 42.5 Å². The molecular weight excluding hydrogens is 320 g/mol. The molecular formula is C17H17ClO3S. The molecule has 0 aliphatic heterocycles. The van der Waals surface area contributed by atoms with Gasteiger partial charge in [-0.15, -0.1) is 11.6 Å². The van der Waals surface area contributed by atoms with E-state index in [9.17, 15) is 4.79 Å². The molecule has 0 amide bonds. The molecule has 0 atom stereocenters. The Morgan fingerprint density at radius 1 is 1.18 bits per heavy atom.